The number of aryl methyl sites for hydroxylation is 3. The maximum absolute atomic E-state index is 14.2. The second kappa shape index (κ2) is 14.1. The summed E-state index contributed by atoms with van der Waals surface area (Å²) in [7, 11) is -3.81. The number of carbonyl (C=O) groups is 2. The molecule has 0 heterocycles. The summed E-state index contributed by atoms with van der Waals surface area (Å²) in [6.45, 7) is 7.95. The molecule has 1 atom stereocenters. The van der Waals surface area contributed by atoms with Gasteiger partial charge in [-0.05, 0) is 49.4 Å². The van der Waals surface area contributed by atoms with E-state index >= 15 is 0 Å². The van der Waals surface area contributed by atoms with Crippen molar-refractivity contribution >= 4 is 27.5 Å². The monoisotopic (exact) mass is 563 g/mol. The highest BCUT2D eigenvalue weighted by Crippen LogP contribution is 2.27. The quantitative estimate of drug-likeness (QED) is 0.299. The molecule has 3 rings (SSSR count). The third-order valence-electron chi connectivity index (χ3n) is 6.94. The Morgan fingerprint density at radius 1 is 0.850 bits per heavy atom. The second-order valence-electron chi connectivity index (χ2n) is 10.4. The number of hydrogen-bond acceptors (Lipinski definition) is 4. The van der Waals surface area contributed by atoms with E-state index in [1.54, 1.807) is 0 Å². The normalized spacial score (nSPS) is 12.0. The topological polar surface area (TPSA) is 86.8 Å². The highest BCUT2D eigenvalue weighted by atomic mass is 32.2. The first kappa shape index (κ1) is 30.9. The summed E-state index contributed by atoms with van der Waals surface area (Å²) in [4.78, 5) is 29.3. The summed E-state index contributed by atoms with van der Waals surface area (Å²) in [6.07, 6.45) is 3.16. The summed E-state index contributed by atoms with van der Waals surface area (Å²) >= 11 is 0. The Hall–Kier alpha value is -3.65. The van der Waals surface area contributed by atoms with Gasteiger partial charge in [-0.3, -0.25) is 13.9 Å². The molecule has 0 aromatic heterocycles. The second-order valence-corrected chi connectivity index (χ2v) is 12.3. The van der Waals surface area contributed by atoms with Gasteiger partial charge >= 0.3 is 0 Å². The first-order chi connectivity index (χ1) is 19.0. The van der Waals surface area contributed by atoms with Crippen molar-refractivity contribution < 1.29 is 18.0 Å². The molecule has 0 aliphatic carbocycles. The number of nitrogens with zero attached hydrogens (tertiary/aromatic N) is 2. The van der Waals surface area contributed by atoms with Crippen molar-refractivity contribution in [3.05, 3.63) is 101 Å². The predicted octanol–water partition coefficient (Wildman–Crippen LogP) is 4.93. The zero-order chi connectivity index (χ0) is 29.3. The van der Waals surface area contributed by atoms with Crippen LogP contribution in [0.2, 0.25) is 0 Å². The van der Waals surface area contributed by atoms with Crippen molar-refractivity contribution in [1.82, 2.24) is 10.2 Å². The molecular weight excluding hydrogens is 522 g/mol. The summed E-state index contributed by atoms with van der Waals surface area (Å²) in [6, 6.07) is 22.1. The van der Waals surface area contributed by atoms with Gasteiger partial charge in [-0.25, -0.2) is 8.42 Å². The molecule has 214 valence electrons. The molecule has 0 saturated heterocycles. The van der Waals surface area contributed by atoms with Crippen LogP contribution in [0.4, 0.5) is 5.69 Å². The Kier molecular flexibility index (Phi) is 10.9. The van der Waals surface area contributed by atoms with Gasteiger partial charge in [0.15, 0.2) is 0 Å². The lowest BCUT2D eigenvalue weighted by Gasteiger charge is -2.34. The van der Waals surface area contributed by atoms with Crippen molar-refractivity contribution in [2.45, 2.75) is 59.5 Å². The van der Waals surface area contributed by atoms with Crippen molar-refractivity contribution in [2.24, 2.45) is 0 Å². The number of nitrogens with one attached hydrogen (secondary N) is 1. The van der Waals surface area contributed by atoms with Crippen molar-refractivity contribution in [3.63, 3.8) is 0 Å². The van der Waals surface area contributed by atoms with E-state index in [0.717, 1.165) is 51.2 Å². The van der Waals surface area contributed by atoms with Gasteiger partial charge in [-0.2, -0.15) is 0 Å². The summed E-state index contributed by atoms with van der Waals surface area (Å²) in [5, 5.41) is 3.00. The minimum atomic E-state index is -3.81. The molecule has 1 N–H and O–H groups in total. The van der Waals surface area contributed by atoms with E-state index in [1.807, 2.05) is 100 Å². The minimum Gasteiger partial charge on any atom is -0.354 e. The van der Waals surface area contributed by atoms with E-state index in [1.165, 1.54) is 4.90 Å². The molecule has 0 bridgehead atoms. The molecule has 8 heteroatoms. The minimum absolute atomic E-state index is 0.169. The Morgan fingerprint density at radius 2 is 1.48 bits per heavy atom. The number of rotatable bonds is 13. The van der Waals surface area contributed by atoms with E-state index < -0.39 is 28.5 Å². The summed E-state index contributed by atoms with van der Waals surface area (Å²) in [5.74, 6) is -0.698. The molecule has 0 unspecified atom stereocenters. The van der Waals surface area contributed by atoms with Crippen LogP contribution in [-0.2, 0) is 32.6 Å². The first-order valence-corrected chi connectivity index (χ1v) is 15.6. The number of hydrogen-bond donors (Lipinski definition) is 1. The van der Waals surface area contributed by atoms with E-state index in [0.29, 0.717) is 18.7 Å². The molecule has 0 aliphatic rings. The highest BCUT2D eigenvalue weighted by molar-refractivity contribution is 7.92. The molecule has 0 aliphatic heterocycles. The van der Waals surface area contributed by atoms with E-state index in [4.69, 9.17) is 0 Å². The van der Waals surface area contributed by atoms with Gasteiger partial charge in [0.2, 0.25) is 21.8 Å². The lowest BCUT2D eigenvalue weighted by atomic mass is 10.0. The molecule has 7 nitrogen and oxygen atoms in total. The van der Waals surface area contributed by atoms with Gasteiger partial charge in [-0.1, -0.05) is 91.7 Å². The van der Waals surface area contributed by atoms with Gasteiger partial charge in [0.1, 0.15) is 12.6 Å². The summed E-state index contributed by atoms with van der Waals surface area (Å²) in [5.41, 5.74) is 4.84. The van der Waals surface area contributed by atoms with E-state index in [2.05, 4.69) is 5.32 Å². The van der Waals surface area contributed by atoms with Crippen LogP contribution in [0.1, 0.15) is 47.6 Å². The van der Waals surface area contributed by atoms with Crippen LogP contribution < -0.4 is 9.62 Å². The molecule has 40 heavy (non-hydrogen) atoms. The van der Waals surface area contributed by atoms with E-state index in [-0.39, 0.29) is 12.5 Å². The lowest BCUT2D eigenvalue weighted by Crippen LogP contribution is -2.53. The Morgan fingerprint density at radius 3 is 2.05 bits per heavy atom. The first-order valence-electron chi connectivity index (χ1n) is 13.7. The average molecular weight is 564 g/mol. The smallest absolute Gasteiger partial charge is 0.244 e. The predicted molar refractivity (Wildman–Crippen MR) is 162 cm³/mol. The molecule has 3 aromatic carbocycles. The maximum atomic E-state index is 14.2. The number of sulfonamides is 1. The number of anilines is 1. The highest BCUT2D eigenvalue weighted by Gasteiger charge is 2.33. The van der Waals surface area contributed by atoms with Crippen molar-refractivity contribution in [1.29, 1.82) is 0 Å². The number of carbonyl (C=O) groups excluding carboxylic acids is 2. The number of amides is 2. The van der Waals surface area contributed by atoms with Gasteiger partial charge in [-0.15, -0.1) is 0 Å². The fourth-order valence-corrected chi connectivity index (χ4v) is 5.69. The Bertz CT molecular complexity index is 1370. The molecule has 2 amide bonds. The Balaban J connectivity index is 2.06. The van der Waals surface area contributed by atoms with Crippen LogP contribution in [0.3, 0.4) is 0 Å². The molecular formula is C32H41N3O4S. The van der Waals surface area contributed by atoms with Gasteiger partial charge in [0.05, 0.1) is 11.9 Å². The zero-order valence-electron chi connectivity index (χ0n) is 24.2. The summed E-state index contributed by atoms with van der Waals surface area (Å²) < 4.78 is 27.2. The Labute approximate surface area is 239 Å². The molecule has 0 fully saturated rings. The lowest BCUT2D eigenvalue weighted by molar-refractivity contribution is -0.140. The van der Waals surface area contributed by atoms with Crippen molar-refractivity contribution in [2.75, 3.05) is 23.7 Å². The number of unbranched alkanes of at least 4 members (excludes halogenated alkanes) is 1. The van der Waals surface area contributed by atoms with Crippen LogP contribution in [0.5, 0.6) is 0 Å². The van der Waals surface area contributed by atoms with Crippen LogP contribution in [0.15, 0.2) is 72.8 Å². The fourth-order valence-electron chi connectivity index (χ4n) is 4.73. The molecule has 0 radical (unpaired) electrons. The van der Waals surface area contributed by atoms with Gasteiger partial charge < -0.3 is 10.2 Å². The molecule has 0 spiro atoms. The molecule has 0 saturated carbocycles. The van der Waals surface area contributed by atoms with E-state index in [9.17, 15) is 18.0 Å². The van der Waals surface area contributed by atoms with Gasteiger partial charge in [0.25, 0.3) is 0 Å². The number of para-hydroxylation sites is 1. The SMILES string of the molecule is CCCCNC(=O)[C@H](Cc1ccccc1)N(Cc1ccc(C)cc1)C(=O)CN(c1c(C)cccc1C)S(C)(=O)=O. The largest absolute Gasteiger partial charge is 0.354 e. The zero-order valence-corrected chi connectivity index (χ0v) is 25.0. The third kappa shape index (κ3) is 8.42. The fraction of sp³-hybridized carbons (Fsp3) is 0.375. The van der Waals surface area contributed by atoms with Crippen molar-refractivity contribution in [3.8, 4) is 0 Å². The third-order valence-corrected chi connectivity index (χ3v) is 8.05. The van der Waals surface area contributed by atoms with Crippen LogP contribution in [0.25, 0.3) is 0 Å². The van der Waals surface area contributed by atoms with Gasteiger partial charge in [0, 0.05) is 19.5 Å². The van der Waals surface area contributed by atoms with Crippen LogP contribution >= 0.6 is 0 Å². The number of benzene rings is 3. The maximum Gasteiger partial charge on any atom is 0.244 e. The average Bonchev–Trinajstić information content (AvgIpc) is 2.91. The molecule has 3 aromatic rings. The van der Waals surface area contributed by atoms with Crippen LogP contribution in [-0.4, -0.2) is 50.5 Å². The van der Waals surface area contributed by atoms with Crippen LogP contribution in [0, 0.1) is 20.8 Å². The standard InChI is InChI=1S/C32H41N3O4S/c1-6-7-20-33-32(37)29(21-27-14-9-8-10-15-27)34(22-28-18-16-24(2)17-19-28)30(36)23-35(40(5,38)39)31-25(3)12-11-13-26(31)4/h8-19,29H,6-7,20-23H2,1-5H3,(H,33,37)/t29-/m0/s1.